The number of phenolic OH excluding ortho intramolecular Hbond substituents is 1. The molecule has 3 unspecified atom stereocenters. The smallest absolute Gasteiger partial charge is 0.229 e. The maximum atomic E-state index is 17.3. The van der Waals surface area contributed by atoms with Gasteiger partial charge in [0.25, 0.3) is 0 Å². The number of aliphatic imine (C=N–C) groups is 1. The third-order valence-electron chi connectivity index (χ3n) is 8.26. The second-order valence-electron chi connectivity index (χ2n) is 10.8. The lowest BCUT2D eigenvalue weighted by Crippen LogP contribution is -2.56. The summed E-state index contributed by atoms with van der Waals surface area (Å²) in [5, 5.41) is 25.5. The Labute approximate surface area is 237 Å². The van der Waals surface area contributed by atoms with E-state index < -0.39 is 30.1 Å². The second-order valence-corrected chi connectivity index (χ2v) is 10.8. The molecular formula is C31H33F2N5O3. The Bertz CT molecular complexity index is 1600. The Morgan fingerprint density at radius 2 is 2.00 bits per heavy atom. The topological polar surface area (TPSA) is 93.5 Å². The molecule has 0 spiro atoms. The number of halogens is 2. The first-order chi connectivity index (χ1) is 19.8. The molecule has 3 aliphatic heterocycles. The molecule has 3 N–H and O–H groups in total. The van der Waals surface area contributed by atoms with Crippen molar-refractivity contribution in [3.8, 4) is 28.8 Å². The number of aliphatic hydroxyl groups excluding tert-OH is 1. The number of benzene rings is 2. The zero-order valence-corrected chi connectivity index (χ0v) is 23.3. The van der Waals surface area contributed by atoms with E-state index in [1.165, 1.54) is 31.4 Å². The standard InChI is InChI=1S/C31H33F2N5O3/c1-4-8-21-25-29(28-22(40)11-6-13-34-28)36-31(41-3)38(23-12-7-14-37(23)2)30(25)26(33)27(35-21)19-16-18(39)15-17-9-5-10-20(32)24(17)19/h5,9-10,15-16,22-23,28,31,34,39-40H,6-7,11-14H2,1-3H3/t22?,23-,28?,31?/m0/s1. The van der Waals surface area contributed by atoms with Gasteiger partial charge in [0.15, 0.2) is 5.82 Å². The number of piperidine rings is 1. The van der Waals surface area contributed by atoms with Crippen molar-refractivity contribution in [1.29, 1.82) is 0 Å². The minimum Gasteiger partial charge on any atom is -0.508 e. The van der Waals surface area contributed by atoms with Crippen LogP contribution in [0.5, 0.6) is 5.75 Å². The summed E-state index contributed by atoms with van der Waals surface area (Å²) in [5.74, 6) is 4.53. The number of anilines is 1. The fourth-order valence-electron chi connectivity index (χ4n) is 6.43. The maximum absolute atomic E-state index is 17.3. The average molecular weight is 562 g/mol. The fourth-order valence-corrected chi connectivity index (χ4v) is 6.43. The van der Waals surface area contributed by atoms with Gasteiger partial charge in [0.1, 0.15) is 23.0 Å². The average Bonchev–Trinajstić information content (AvgIpc) is 3.38. The number of fused-ring (bicyclic) bond motifs is 2. The number of hydrogen-bond donors (Lipinski definition) is 3. The summed E-state index contributed by atoms with van der Waals surface area (Å²) >= 11 is 0. The summed E-state index contributed by atoms with van der Waals surface area (Å²) in [6.45, 7) is 3.14. The molecular weight excluding hydrogens is 528 g/mol. The van der Waals surface area contributed by atoms with Crippen molar-refractivity contribution >= 4 is 22.2 Å². The Morgan fingerprint density at radius 1 is 1.17 bits per heavy atom. The maximum Gasteiger partial charge on any atom is 0.229 e. The molecule has 2 fully saturated rings. The second kappa shape index (κ2) is 11.0. The molecule has 0 saturated carbocycles. The van der Waals surface area contributed by atoms with E-state index >= 15 is 8.78 Å². The third kappa shape index (κ3) is 4.63. The highest BCUT2D eigenvalue weighted by atomic mass is 19.1. The van der Waals surface area contributed by atoms with E-state index in [0.717, 1.165) is 25.8 Å². The molecule has 0 radical (unpaired) electrons. The number of ether oxygens (including phenoxy) is 1. The molecule has 2 saturated heterocycles. The molecule has 4 heterocycles. The Hall–Kier alpha value is -3.62. The predicted octanol–water partition coefficient (Wildman–Crippen LogP) is 3.96. The van der Waals surface area contributed by atoms with Crippen molar-refractivity contribution in [3.63, 3.8) is 0 Å². The fraction of sp³-hybridized carbons (Fsp3) is 0.419. The molecule has 2 aromatic carbocycles. The summed E-state index contributed by atoms with van der Waals surface area (Å²) < 4.78 is 38.4. The van der Waals surface area contributed by atoms with Gasteiger partial charge in [0, 0.05) is 18.1 Å². The Kier molecular flexibility index (Phi) is 7.38. The van der Waals surface area contributed by atoms with Gasteiger partial charge in [-0.3, -0.25) is 4.90 Å². The highest BCUT2D eigenvalue weighted by Crippen LogP contribution is 2.44. The van der Waals surface area contributed by atoms with Crippen LogP contribution in [0.4, 0.5) is 14.5 Å². The number of nitrogens with one attached hydrogen (secondary N) is 1. The van der Waals surface area contributed by atoms with Crippen LogP contribution < -0.4 is 10.2 Å². The van der Waals surface area contributed by atoms with Crippen LogP contribution >= 0.6 is 0 Å². The van der Waals surface area contributed by atoms with E-state index in [4.69, 9.17) is 9.73 Å². The molecule has 10 heteroatoms. The van der Waals surface area contributed by atoms with Gasteiger partial charge in [-0.1, -0.05) is 18.1 Å². The number of pyridine rings is 1. The number of rotatable bonds is 4. The van der Waals surface area contributed by atoms with Crippen LogP contribution in [0.15, 0.2) is 35.3 Å². The summed E-state index contributed by atoms with van der Waals surface area (Å²) in [4.78, 5) is 13.6. The molecule has 8 nitrogen and oxygen atoms in total. The van der Waals surface area contributed by atoms with Crippen molar-refractivity contribution in [2.24, 2.45) is 4.99 Å². The monoisotopic (exact) mass is 561 g/mol. The number of hydrogen-bond acceptors (Lipinski definition) is 8. The quantitative estimate of drug-likeness (QED) is 0.416. The van der Waals surface area contributed by atoms with Gasteiger partial charge in [0.05, 0.1) is 35.3 Å². The van der Waals surface area contributed by atoms with Gasteiger partial charge in [-0.05, 0) is 82.2 Å². The first-order valence-corrected chi connectivity index (χ1v) is 13.9. The number of methoxy groups -OCH3 is 1. The van der Waals surface area contributed by atoms with E-state index in [2.05, 4.69) is 27.0 Å². The molecule has 0 aliphatic carbocycles. The first-order valence-electron chi connectivity index (χ1n) is 13.9. The Balaban J connectivity index is 1.70. The van der Waals surface area contributed by atoms with Gasteiger partial charge < -0.3 is 25.2 Å². The molecule has 3 aromatic rings. The lowest BCUT2D eigenvalue weighted by Gasteiger charge is -2.44. The van der Waals surface area contributed by atoms with Crippen molar-refractivity contribution < 1.29 is 23.7 Å². The molecule has 3 aliphatic rings. The van der Waals surface area contributed by atoms with Crippen LogP contribution in [-0.2, 0) is 4.74 Å². The number of aromatic hydroxyl groups is 1. The molecule has 41 heavy (non-hydrogen) atoms. The number of nitrogens with zero attached hydrogens (tertiary/aromatic N) is 4. The van der Waals surface area contributed by atoms with Crippen LogP contribution in [0.3, 0.4) is 0 Å². The van der Waals surface area contributed by atoms with Crippen LogP contribution in [-0.4, -0.2) is 77.7 Å². The van der Waals surface area contributed by atoms with E-state index in [1.54, 1.807) is 13.0 Å². The molecule has 0 bridgehead atoms. The number of likely N-dealkylation sites (tertiary alicyclic amines) is 1. The molecule has 0 amide bonds. The van der Waals surface area contributed by atoms with Crippen LogP contribution in [0.2, 0.25) is 0 Å². The van der Waals surface area contributed by atoms with Crippen molar-refractivity contribution in [2.45, 2.75) is 57.3 Å². The molecule has 214 valence electrons. The summed E-state index contributed by atoms with van der Waals surface area (Å²) in [5.41, 5.74) is 1.25. The number of phenols is 1. The molecule has 1 aromatic heterocycles. The third-order valence-corrected chi connectivity index (χ3v) is 8.26. The van der Waals surface area contributed by atoms with Gasteiger partial charge >= 0.3 is 0 Å². The van der Waals surface area contributed by atoms with Gasteiger partial charge in [-0.2, -0.15) is 0 Å². The summed E-state index contributed by atoms with van der Waals surface area (Å²) in [6, 6.07) is 6.69. The number of aliphatic hydroxyl groups is 1. The van der Waals surface area contributed by atoms with E-state index in [-0.39, 0.29) is 39.9 Å². The SMILES string of the molecule is CC#Cc1nc(-c2cc(O)cc3cccc(F)c23)c(F)c2c1C(C1NCCCC1O)=NC(OC)N2[C@H]1CCCN1C. The lowest BCUT2D eigenvalue weighted by molar-refractivity contribution is 0.0789. The predicted molar refractivity (Wildman–Crippen MR) is 154 cm³/mol. The van der Waals surface area contributed by atoms with Gasteiger partial charge in [-0.15, -0.1) is 0 Å². The van der Waals surface area contributed by atoms with Crippen LogP contribution in [0, 0.1) is 23.5 Å². The van der Waals surface area contributed by atoms with Crippen LogP contribution in [0.1, 0.15) is 43.9 Å². The minimum absolute atomic E-state index is 0.117. The van der Waals surface area contributed by atoms with Gasteiger partial charge in [0.2, 0.25) is 6.35 Å². The van der Waals surface area contributed by atoms with E-state index in [9.17, 15) is 10.2 Å². The lowest BCUT2D eigenvalue weighted by atomic mass is 9.88. The van der Waals surface area contributed by atoms with Crippen molar-refractivity contribution in [3.05, 3.63) is 53.2 Å². The zero-order chi connectivity index (χ0) is 28.8. The largest absolute Gasteiger partial charge is 0.508 e. The summed E-state index contributed by atoms with van der Waals surface area (Å²) in [7, 11) is 3.50. The summed E-state index contributed by atoms with van der Waals surface area (Å²) in [6.07, 6.45) is 1.15. The number of aromatic nitrogens is 1. The van der Waals surface area contributed by atoms with Crippen molar-refractivity contribution in [2.75, 3.05) is 32.1 Å². The van der Waals surface area contributed by atoms with Crippen molar-refractivity contribution in [1.82, 2.24) is 15.2 Å². The highest BCUT2D eigenvalue weighted by molar-refractivity contribution is 6.12. The highest BCUT2D eigenvalue weighted by Gasteiger charge is 2.44. The van der Waals surface area contributed by atoms with Crippen LogP contribution in [0.25, 0.3) is 22.0 Å². The van der Waals surface area contributed by atoms with Gasteiger partial charge in [-0.25, -0.2) is 18.8 Å². The Morgan fingerprint density at radius 3 is 2.71 bits per heavy atom. The van der Waals surface area contributed by atoms with E-state index in [1.807, 2.05) is 11.9 Å². The first kappa shape index (κ1) is 27.5. The van der Waals surface area contributed by atoms with E-state index in [0.29, 0.717) is 29.6 Å². The molecule has 4 atom stereocenters. The normalized spacial score (nSPS) is 24.6. The molecule has 6 rings (SSSR count). The minimum atomic E-state index is -0.885. The zero-order valence-electron chi connectivity index (χ0n) is 23.3.